The number of rotatable bonds is 4. The Kier molecular flexibility index (Phi) is 5.26. The normalized spacial score (nSPS) is 12.1. The van der Waals surface area contributed by atoms with E-state index in [-0.39, 0.29) is 16.3 Å². The molecule has 2 heterocycles. The molecular weight excluding hydrogens is 424 g/mol. The molecule has 154 valence electrons. The van der Waals surface area contributed by atoms with Gasteiger partial charge in [-0.15, -0.1) is 0 Å². The maximum atomic E-state index is 13.1. The summed E-state index contributed by atoms with van der Waals surface area (Å²) in [6.07, 6.45) is 1.74. The van der Waals surface area contributed by atoms with Crippen LogP contribution in [-0.2, 0) is 4.79 Å². The smallest absolute Gasteiger partial charge is 0.308 e. The molecule has 4 aromatic rings. The molecule has 0 aliphatic rings. The van der Waals surface area contributed by atoms with Crippen LogP contribution in [0, 0.1) is 13.8 Å². The Hall–Kier alpha value is -2.90. The summed E-state index contributed by atoms with van der Waals surface area (Å²) in [7, 11) is 0. The molecule has 0 radical (unpaired) electrons. The molecule has 0 bridgehead atoms. The number of benzene rings is 2. The summed E-state index contributed by atoms with van der Waals surface area (Å²) in [6.45, 7) is 7.53. The number of hydrogen-bond donors (Lipinski definition) is 0. The van der Waals surface area contributed by atoms with Crippen molar-refractivity contribution in [2.45, 2.75) is 27.7 Å². The van der Waals surface area contributed by atoms with Crippen molar-refractivity contribution in [1.82, 2.24) is 9.38 Å². The third kappa shape index (κ3) is 3.55. The Labute approximate surface area is 181 Å². The molecular formula is C22H19ClN2O4S. The first kappa shape index (κ1) is 20.4. The predicted octanol–water partition coefficient (Wildman–Crippen LogP) is 4.05. The lowest BCUT2D eigenvalue weighted by Gasteiger charge is -2.12. The first-order valence-electron chi connectivity index (χ1n) is 9.37. The summed E-state index contributed by atoms with van der Waals surface area (Å²) >= 11 is 7.63. The quantitative estimate of drug-likeness (QED) is 0.352. The van der Waals surface area contributed by atoms with Crippen LogP contribution < -0.4 is 19.6 Å². The fraction of sp³-hybridized carbons (Fsp3) is 0.227. The minimum atomic E-state index is -0.492. The second-order valence-corrected chi connectivity index (χ2v) is 8.34. The molecule has 8 heteroatoms. The first-order valence-corrected chi connectivity index (χ1v) is 10.6. The maximum absolute atomic E-state index is 13.1. The van der Waals surface area contributed by atoms with E-state index in [4.69, 9.17) is 21.1 Å². The Morgan fingerprint density at radius 1 is 1.23 bits per heavy atom. The number of carbonyl (C=O) groups is 1. The zero-order valence-corrected chi connectivity index (χ0v) is 18.5. The number of hydrogen-bond acceptors (Lipinski definition) is 6. The minimum Gasteiger partial charge on any atom is -0.490 e. The molecule has 0 atom stereocenters. The average molecular weight is 443 g/mol. The summed E-state index contributed by atoms with van der Waals surface area (Å²) in [5.41, 5.74) is 4.37. The first-order chi connectivity index (χ1) is 14.3. The summed E-state index contributed by atoms with van der Waals surface area (Å²) in [6, 6.07) is 7.31. The Morgan fingerprint density at radius 2 is 1.97 bits per heavy atom. The highest BCUT2D eigenvalue weighted by molar-refractivity contribution is 7.15. The zero-order chi connectivity index (χ0) is 21.6. The van der Waals surface area contributed by atoms with Crippen molar-refractivity contribution in [2.24, 2.45) is 0 Å². The summed E-state index contributed by atoms with van der Waals surface area (Å²) in [5.74, 6) is 0.0217. The Morgan fingerprint density at radius 3 is 2.67 bits per heavy atom. The van der Waals surface area contributed by atoms with Gasteiger partial charge in [-0.25, -0.2) is 9.38 Å². The van der Waals surface area contributed by atoms with Crippen molar-refractivity contribution in [1.29, 1.82) is 0 Å². The number of fused-ring (bicyclic) bond motifs is 3. The van der Waals surface area contributed by atoms with Gasteiger partial charge < -0.3 is 9.47 Å². The molecule has 0 saturated heterocycles. The van der Waals surface area contributed by atoms with Gasteiger partial charge >= 0.3 is 5.97 Å². The number of ether oxygens (including phenoxy) is 2. The molecule has 0 amide bonds. The van der Waals surface area contributed by atoms with Crippen molar-refractivity contribution in [3.63, 3.8) is 0 Å². The molecule has 0 unspecified atom stereocenters. The van der Waals surface area contributed by atoms with Crippen molar-refractivity contribution in [2.75, 3.05) is 6.61 Å². The summed E-state index contributed by atoms with van der Waals surface area (Å²) in [4.78, 5) is 29.7. The van der Waals surface area contributed by atoms with E-state index >= 15 is 0 Å². The third-order valence-corrected chi connectivity index (χ3v) is 5.98. The maximum Gasteiger partial charge on any atom is 0.308 e. The second-order valence-electron chi connectivity index (χ2n) is 6.93. The lowest BCUT2D eigenvalue weighted by atomic mass is 10.1. The van der Waals surface area contributed by atoms with Crippen LogP contribution in [0.25, 0.3) is 22.1 Å². The van der Waals surface area contributed by atoms with E-state index < -0.39 is 5.97 Å². The molecule has 30 heavy (non-hydrogen) atoms. The molecule has 0 N–H and O–H groups in total. The summed E-state index contributed by atoms with van der Waals surface area (Å²) in [5, 5.41) is 0.229. The average Bonchev–Trinajstić information content (AvgIpc) is 3.15. The monoisotopic (exact) mass is 442 g/mol. The highest BCUT2D eigenvalue weighted by atomic mass is 35.5. The Bertz CT molecular complexity index is 1420. The van der Waals surface area contributed by atoms with Crippen LogP contribution in [-0.4, -0.2) is 22.0 Å². The van der Waals surface area contributed by atoms with E-state index in [0.717, 1.165) is 22.2 Å². The van der Waals surface area contributed by atoms with Crippen LogP contribution in [0.3, 0.4) is 0 Å². The standard InChI is InChI=1S/C22H19ClN2O4S/c1-5-28-18-9-14(8-15(23)20(18)29-13(4)26)10-19-21(27)25-17-7-12(3)11(2)6-16(17)24-22(25)30-19/h6-10H,5H2,1-4H3. The van der Waals surface area contributed by atoms with Gasteiger partial charge in [0.25, 0.3) is 5.56 Å². The minimum absolute atomic E-state index is 0.140. The van der Waals surface area contributed by atoms with Gasteiger partial charge in [0, 0.05) is 6.92 Å². The van der Waals surface area contributed by atoms with Gasteiger partial charge in [-0.05, 0) is 67.8 Å². The fourth-order valence-corrected chi connectivity index (χ4v) is 4.49. The van der Waals surface area contributed by atoms with Crippen LogP contribution >= 0.6 is 22.9 Å². The van der Waals surface area contributed by atoms with E-state index in [1.807, 2.05) is 32.9 Å². The molecule has 2 aromatic carbocycles. The lowest BCUT2D eigenvalue weighted by Crippen LogP contribution is -2.22. The number of imidazole rings is 1. The van der Waals surface area contributed by atoms with Crippen LogP contribution in [0.5, 0.6) is 11.5 Å². The number of aromatic nitrogens is 2. The molecule has 0 spiro atoms. The molecule has 2 aromatic heterocycles. The predicted molar refractivity (Wildman–Crippen MR) is 119 cm³/mol. The highest BCUT2D eigenvalue weighted by Gasteiger charge is 2.16. The molecule has 0 aliphatic carbocycles. The molecule has 6 nitrogen and oxygen atoms in total. The van der Waals surface area contributed by atoms with E-state index in [2.05, 4.69) is 4.98 Å². The van der Waals surface area contributed by atoms with E-state index in [0.29, 0.717) is 27.4 Å². The van der Waals surface area contributed by atoms with Gasteiger partial charge in [0.15, 0.2) is 16.5 Å². The summed E-state index contributed by atoms with van der Waals surface area (Å²) < 4.78 is 12.9. The van der Waals surface area contributed by atoms with Crippen LogP contribution in [0.15, 0.2) is 29.1 Å². The largest absolute Gasteiger partial charge is 0.490 e. The number of thiazole rings is 1. The van der Waals surface area contributed by atoms with Gasteiger partial charge in [-0.2, -0.15) is 0 Å². The van der Waals surface area contributed by atoms with E-state index in [9.17, 15) is 9.59 Å². The van der Waals surface area contributed by atoms with Crippen LogP contribution in [0.1, 0.15) is 30.5 Å². The van der Waals surface area contributed by atoms with Crippen molar-refractivity contribution in [3.05, 3.63) is 60.9 Å². The molecule has 0 aliphatic heterocycles. The molecule has 4 rings (SSSR count). The van der Waals surface area contributed by atoms with E-state index in [1.165, 1.54) is 18.3 Å². The van der Waals surface area contributed by atoms with Gasteiger partial charge in [0.05, 0.1) is 27.2 Å². The Balaban J connectivity index is 1.89. The highest BCUT2D eigenvalue weighted by Crippen LogP contribution is 2.37. The number of aryl methyl sites for hydroxylation is 2. The topological polar surface area (TPSA) is 69.9 Å². The van der Waals surface area contributed by atoms with Gasteiger partial charge in [-0.3, -0.25) is 9.59 Å². The number of halogens is 1. The number of esters is 1. The SMILES string of the molecule is CCOc1cc(C=c2sc3nc4cc(C)c(C)cc4n3c2=O)cc(Cl)c1OC(C)=O. The van der Waals surface area contributed by atoms with Gasteiger partial charge in [-0.1, -0.05) is 22.9 Å². The molecule has 0 fully saturated rings. The number of nitrogens with zero attached hydrogens (tertiary/aromatic N) is 2. The zero-order valence-electron chi connectivity index (χ0n) is 16.9. The van der Waals surface area contributed by atoms with Gasteiger partial charge in [0.2, 0.25) is 0 Å². The van der Waals surface area contributed by atoms with Crippen LogP contribution in [0.2, 0.25) is 5.02 Å². The second kappa shape index (κ2) is 7.74. The van der Waals surface area contributed by atoms with Crippen LogP contribution in [0.4, 0.5) is 0 Å². The van der Waals surface area contributed by atoms with E-state index in [1.54, 1.807) is 22.6 Å². The molecule has 0 saturated carbocycles. The number of carbonyl (C=O) groups excluding carboxylic acids is 1. The van der Waals surface area contributed by atoms with Crippen molar-refractivity contribution >= 4 is 51.0 Å². The van der Waals surface area contributed by atoms with Crippen molar-refractivity contribution < 1.29 is 14.3 Å². The van der Waals surface area contributed by atoms with Gasteiger partial charge in [0.1, 0.15) is 0 Å². The van der Waals surface area contributed by atoms with Crippen molar-refractivity contribution in [3.8, 4) is 11.5 Å². The lowest BCUT2D eigenvalue weighted by molar-refractivity contribution is -0.132. The third-order valence-electron chi connectivity index (χ3n) is 4.73. The fourth-order valence-electron chi connectivity index (χ4n) is 3.25.